The van der Waals surface area contributed by atoms with E-state index in [1.165, 1.54) is 7.11 Å². The molecule has 14 heavy (non-hydrogen) atoms. The lowest BCUT2D eigenvalue weighted by atomic mass is 10.0. The molecule has 0 aromatic rings. The van der Waals surface area contributed by atoms with E-state index >= 15 is 0 Å². The van der Waals surface area contributed by atoms with Gasteiger partial charge >= 0.3 is 0 Å². The molecule has 0 spiro atoms. The number of hydrogen-bond donors (Lipinski definition) is 0. The minimum absolute atomic E-state index is 0.336. The van der Waals surface area contributed by atoms with E-state index in [2.05, 4.69) is 28.3 Å². The van der Waals surface area contributed by atoms with Crippen molar-refractivity contribution in [2.24, 2.45) is 16.2 Å². The summed E-state index contributed by atoms with van der Waals surface area (Å²) in [6.07, 6.45) is 7.55. The Labute approximate surface area is 85.9 Å². The fraction of sp³-hybridized carbons (Fsp3) is 0.800. The lowest BCUT2D eigenvalue weighted by Gasteiger charge is -2.04. The third kappa shape index (κ3) is 7.58. The fourth-order valence-corrected chi connectivity index (χ4v) is 0.943. The van der Waals surface area contributed by atoms with E-state index in [9.17, 15) is 0 Å². The maximum atomic E-state index is 4.83. The molecule has 0 rings (SSSR count). The predicted octanol–water partition coefficient (Wildman–Crippen LogP) is 2.32. The van der Waals surface area contributed by atoms with Crippen LogP contribution >= 0.6 is 0 Å². The molecule has 0 aromatic heterocycles. The van der Waals surface area contributed by atoms with Crippen molar-refractivity contribution in [2.75, 3.05) is 13.7 Å². The Kier molecular flexibility index (Phi) is 9.26. The van der Waals surface area contributed by atoms with Gasteiger partial charge in [-0.15, -0.1) is 0 Å². The number of hydrogen-bond acceptors (Lipinski definition) is 4. The molecule has 0 amide bonds. The van der Waals surface area contributed by atoms with Gasteiger partial charge in [-0.2, -0.15) is 0 Å². The van der Waals surface area contributed by atoms with E-state index < -0.39 is 0 Å². The van der Waals surface area contributed by atoms with Crippen LogP contribution in [0.25, 0.3) is 0 Å². The van der Waals surface area contributed by atoms with Gasteiger partial charge in [-0.25, -0.2) is 0 Å². The predicted molar refractivity (Wildman–Crippen MR) is 57.6 cm³/mol. The molecule has 0 aliphatic rings. The summed E-state index contributed by atoms with van der Waals surface area (Å²) in [4.78, 5) is 9.41. The van der Waals surface area contributed by atoms with E-state index in [1.807, 2.05) is 6.92 Å². The Morgan fingerprint density at radius 1 is 1.43 bits per heavy atom. The average molecular weight is 199 g/mol. The molecule has 0 aromatic carbocycles. The first-order valence-electron chi connectivity index (χ1n) is 4.97. The Balaban J connectivity index is 3.56. The van der Waals surface area contributed by atoms with E-state index in [-0.39, 0.29) is 0 Å². The topological polar surface area (TPSA) is 43.2 Å². The van der Waals surface area contributed by atoms with E-state index in [1.54, 1.807) is 6.21 Å². The second-order valence-electron chi connectivity index (χ2n) is 2.79. The molecule has 1 unspecified atom stereocenters. The summed E-state index contributed by atoms with van der Waals surface area (Å²) >= 11 is 0. The SMILES string of the molecule is CCON=CCCC(/[C]=N/OC)CC. The minimum atomic E-state index is 0.336. The zero-order valence-corrected chi connectivity index (χ0v) is 9.19. The Morgan fingerprint density at radius 3 is 2.79 bits per heavy atom. The number of oxime groups is 1. The van der Waals surface area contributed by atoms with Gasteiger partial charge < -0.3 is 9.68 Å². The maximum absolute atomic E-state index is 4.83. The van der Waals surface area contributed by atoms with Crippen LogP contribution in [0.3, 0.4) is 0 Å². The van der Waals surface area contributed by atoms with Crippen molar-refractivity contribution in [3.05, 3.63) is 0 Å². The Bertz CT molecular complexity index is 170. The van der Waals surface area contributed by atoms with Crippen LogP contribution in [-0.4, -0.2) is 26.1 Å². The van der Waals surface area contributed by atoms with Gasteiger partial charge in [0.25, 0.3) is 0 Å². The summed E-state index contributed by atoms with van der Waals surface area (Å²) in [7, 11) is 1.52. The highest BCUT2D eigenvalue weighted by Gasteiger charge is 2.02. The van der Waals surface area contributed by atoms with Crippen LogP contribution < -0.4 is 0 Å². The van der Waals surface area contributed by atoms with Crippen LogP contribution in [0.4, 0.5) is 0 Å². The van der Waals surface area contributed by atoms with Crippen molar-refractivity contribution in [1.82, 2.24) is 0 Å². The van der Waals surface area contributed by atoms with Crippen LogP contribution in [0.1, 0.15) is 33.1 Å². The standard InChI is InChI=1S/C10H19N2O2/c1-4-10(9-12-13-3)7-6-8-11-14-5-2/h8,10H,4-7H2,1-3H3. The molecular weight excluding hydrogens is 180 g/mol. The van der Waals surface area contributed by atoms with Gasteiger partial charge in [-0.05, 0) is 26.2 Å². The zero-order chi connectivity index (χ0) is 10.6. The highest BCUT2D eigenvalue weighted by Crippen LogP contribution is 2.07. The van der Waals surface area contributed by atoms with Crippen LogP contribution in [-0.2, 0) is 9.68 Å². The largest absolute Gasteiger partial charge is 0.399 e. The van der Waals surface area contributed by atoms with E-state index in [0.29, 0.717) is 12.5 Å². The normalized spacial score (nSPS) is 13.6. The third-order valence-corrected chi connectivity index (χ3v) is 1.74. The Hall–Kier alpha value is -1.06. The number of rotatable bonds is 8. The smallest absolute Gasteiger partial charge is 0.114 e. The highest BCUT2D eigenvalue weighted by molar-refractivity contribution is 5.62. The molecule has 0 heterocycles. The fourth-order valence-electron chi connectivity index (χ4n) is 0.943. The lowest BCUT2D eigenvalue weighted by molar-refractivity contribution is 0.159. The van der Waals surface area contributed by atoms with E-state index in [0.717, 1.165) is 19.3 Å². The molecule has 0 saturated carbocycles. The maximum Gasteiger partial charge on any atom is 0.114 e. The second-order valence-corrected chi connectivity index (χ2v) is 2.79. The van der Waals surface area contributed by atoms with Gasteiger partial charge in [0.2, 0.25) is 0 Å². The second kappa shape index (κ2) is 10.0. The molecule has 0 bridgehead atoms. The molecule has 81 valence electrons. The molecular formula is C10H19N2O2. The molecule has 0 N–H and O–H groups in total. The van der Waals surface area contributed by atoms with Gasteiger partial charge in [0.05, 0.1) is 0 Å². The minimum Gasteiger partial charge on any atom is -0.399 e. The molecule has 4 nitrogen and oxygen atoms in total. The number of nitrogens with zero attached hydrogens (tertiary/aromatic N) is 2. The van der Waals surface area contributed by atoms with Crippen molar-refractivity contribution >= 4 is 12.4 Å². The molecule has 0 aliphatic heterocycles. The summed E-state index contributed by atoms with van der Waals surface area (Å²) in [6.45, 7) is 4.62. The summed E-state index contributed by atoms with van der Waals surface area (Å²) in [5.41, 5.74) is 0. The summed E-state index contributed by atoms with van der Waals surface area (Å²) in [5, 5.41) is 7.39. The van der Waals surface area contributed by atoms with Gasteiger partial charge in [0.1, 0.15) is 19.9 Å². The summed E-state index contributed by atoms with van der Waals surface area (Å²) in [6, 6.07) is 0. The van der Waals surface area contributed by atoms with Gasteiger partial charge in [0.15, 0.2) is 0 Å². The monoisotopic (exact) mass is 199 g/mol. The van der Waals surface area contributed by atoms with Crippen molar-refractivity contribution in [3.8, 4) is 0 Å². The highest BCUT2D eigenvalue weighted by atomic mass is 16.6. The van der Waals surface area contributed by atoms with Gasteiger partial charge in [-0.3, -0.25) is 0 Å². The van der Waals surface area contributed by atoms with Crippen LogP contribution in [0.5, 0.6) is 0 Å². The van der Waals surface area contributed by atoms with Crippen molar-refractivity contribution in [2.45, 2.75) is 33.1 Å². The third-order valence-electron chi connectivity index (χ3n) is 1.74. The first-order chi connectivity index (χ1) is 6.85. The quantitative estimate of drug-likeness (QED) is 0.445. The zero-order valence-electron chi connectivity index (χ0n) is 9.19. The Morgan fingerprint density at radius 2 is 2.21 bits per heavy atom. The summed E-state index contributed by atoms with van der Waals surface area (Å²) < 4.78 is 0. The molecule has 0 aliphatic carbocycles. The van der Waals surface area contributed by atoms with Crippen molar-refractivity contribution in [1.29, 1.82) is 0 Å². The molecule has 1 radical (unpaired) electrons. The molecule has 0 fully saturated rings. The first kappa shape index (κ1) is 12.9. The van der Waals surface area contributed by atoms with Crippen LogP contribution in [0.15, 0.2) is 10.3 Å². The lowest BCUT2D eigenvalue weighted by Crippen LogP contribution is -2.01. The molecule has 4 heteroatoms. The first-order valence-corrected chi connectivity index (χ1v) is 4.97. The molecule has 1 atom stereocenters. The van der Waals surface area contributed by atoms with Gasteiger partial charge in [0, 0.05) is 12.1 Å². The van der Waals surface area contributed by atoms with E-state index in [4.69, 9.17) is 4.84 Å². The van der Waals surface area contributed by atoms with Crippen LogP contribution in [0.2, 0.25) is 0 Å². The van der Waals surface area contributed by atoms with Gasteiger partial charge in [-0.1, -0.05) is 17.2 Å². The average Bonchev–Trinajstić information content (AvgIpc) is 2.22. The van der Waals surface area contributed by atoms with Crippen molar-refractivity contribution < 1.29 is 9.68 Å². The molecule has 0 saturated heterocycles. The van der Waals surface area contributed by atoms with Crippen molar-refractivity contribution in [3.63, 3.8) is 0 Å². The van der Waals surface area contributed by atoms with Crippen LogP contribution in [0, 0.1) is 5.92 Å². The summed E-state index contributed by atoms with van der Waals surface area (Å²) in [5.74, 6) is 0.336.